The smallest absolute Gasteiger partial charge is 0.259 e. The SMILES string of the molecule is COc1cc(Cl)ccc1C(=O)Nc1ccc(C(=O)N2CCC[C@@H]3CCCC[C@@H]32)cc1. The molecule has 0 radical (unpaired) electrons. The molecule has 2 fully saturated rings. The molecule has 158 valence electrons. The Hall–Kier alpha value is -2.53. The Bertz CT molecular complexity index is 927. The Balaban J connectivity index is 1.45. The van der Waals surface area contributed by atoms with Crippen LogP contribution in [0.25, 0.3) is 0 Å². The van der Waals surface area contributed by atoms with E-state index < -0.39 is 0 Å². The third-order valence-electron chi connectivity index (χ3n) is 6.30. The Kier molecular flexibility index (Phi) is 6.28. The molecule has 0 unspecified atom stereocenters. The van der Waals surface area contributed by atoms with Crippen molar-refractivity contribution in [2.75, 3.05) is 19.0 Å². The van der Waals surface area contributed by atoms with Gasteiger partial charge < -0.3 is 15.0 Å². The predicted molar refractivity (Wildman–Crippen MR) is 118 cm³/mol. The zero-order valence-electron chi connectivity index (χ0n) is 17.2. The van der Waals surface area contributed by atoms with Gasteiger partial charge in [-0.2, -0.15) is 0 Å². The number of nitrogens with one attached hydrogen (secondary N) is 1. The van der Waals surface area contributed by atoms with Crippen LogP contribution in [0.5, 0.6) is 5.75 Å². The van der Waals surface area contributed by atoms with Crippen LogP contribution < -0.4 is 10.1 Å². The van der Waals surface area contributed by atoms with Gasteiger partial charge in [-0.05, 0) is 74.1 Å². The minimum atomic E-state index is -0.288. The fraction of sp³-hybridized carbons (Fsp3) is 0.417. The van der Waals surface area contributed by atoms with E-state index in [1.54, 1.807) is 42.5 Å². The molecule has 30 heavy (non-hydrogen) atoms. The summed E-state index contributed by atoms with van der Waals surface area (Å²) in [5.41, 5.74) is 1.70. The number of benzene rings is 2. The van der Waals surface area contributed by atoms with Gasteiger partial charge in [0.2, 0.25) is 0 Å². The van der Waals surface area contributed by atoms with Crippen LogP contribution in [0, 0.1) is 5.92 Å². The summed E-state index contributed by atoms with van der Waals surface area (Å²) in [5.74, 6) is 0.885. The molecule has 1 saturated carbocycles. The fourth-order valence-electron chi connectivity index (χ4n) is 4.79. The monoisotopic (exact) mass is 426 g/mol. The molecule has 2 atom stereocenters. The summed E-state index contributed by atoms with van der Waals surface area (Å²) in [6, 6.07) is 12.4. The number of nitrogens with zero attached hydrogens (tertiary/aromatic N) is 1. The van der Waals surface area contributed by atoms with Crippen molar-refractivity contribution in [2.45, 2.75) is 44.6 Å². The van der Waals surface area contributed by atoms with E-state index in [4.69, 9.17) is 16.3 Å². The van der Waals surface area contributed by atoms with Crippen molar-refractivity contribution >= 4 is 29.1 Å². The molecular formula is C24H27ClN2O3. The summed E-state index contributed by atoms with van der Waals surface area (Å²) in [4.78, 5) is 27.8. The lowest BCUT2D eigenvalue weighted by atomic mass is 9.78. The van der Waals surface area contributed by atoms with Crippen molar-refractivity contribution in [3.63, 3.8) is 0 Å². The highest BCUT2D eigenvalue weighted by atomic mass is 35.5. The molecule has 2 amide bonds. The maximum atomic E-state index is 13.1. The van der Waals surface area contributed by atoms with Crippen LogP contribution in [0.2, 0.25) is 5.02 Å². The molecule has 4 rings (SSSR count). The minimum absolute atomic E-state index is 0.101. The molecule has 2 aromatic carbocycles. The van der Waals surface area contributed by atoms with Gasteiger partial charge in [0.15, 0.2) is 0 Å². The van der Waals surface area contributed by atoms with Crippen LogP contribution in [0.1, 0.15) is 59.2 Å². The zero-order valence-corrected chi connectivity index (χ0v) is 18.0. The summed E-state index contributed by atoms with van der Waals surface area (Å²) in [6.45, 7) is 0.842. The van der Waals surface area contributed by atoms with Crippen LogP contribution in [0.4, 0.5) is 5.69 Å². The van der Waals surface area contributed by atoms with Gasteiger partial charge in [-0.3, -0.25) is 9.59 Å². The highest BCUT2D eigenvalue weighted by Gasteiger charge is 2.35. The largest absolute Gasteiger partial charge is 0.496 e. The molecule has 0 spiro atoms. The van der Waals surface area contributed by atoms with Gasteiger partial charge in [0.05, 0.1) is 12.7 Å². The fourth-order valence-corrected chi connectivity index (χ4v) is 4.95. The van der Waals surface area contributed by atoms with E-state index in [9.17, 15) is 9.59 Å². The summed E-state index contributed by atoms with van der Waals surface area (Å²) in [6.07, 6.45) is 7.19. The second-order valence-corrected chi connectivity index (χ2v) is 8.57. The molecular weight excluding hydrogens is 400 g/mol. The third kappa shape index (κ3) is 4.31. The Labute approximate surface area is 182 Å². The Morgan fingerprint density at radius 1 is 1.03 bits per heavy atom. The van der Waals surface area contributed by atoms with Gasteiger partial charge in [0.1, 0.15) is 5.75 Å². The molecule has 1 N–H and O–H groups in total. The van der Waals surface area contributed by atoms with E-state index in [1.165, 1.54) is 32.8 Å². The van der Waals surface area contributed by atoms with E-state index in [-0.39, 0.29) is 11.8 Å². The number of halogens is 1. The standard InChI is InChI=1S/C24H27ClN2O3/c1-30-22-15-18(25)10-13-20(22)23(28)26-19-11-8-17(9-12-19)24(29)27-14-4-6-16-5-2-3-7-21(16)27/h8-13,15-16,21H,2-7,14H2,1H3,(H,26,28)/t16-,21-/m0/s1. The lowest BCUT2D eigenvalue weighted by Crippen LogP contribution is -2.49. The summed E-state index contributed by atoms with van der Waals surface area (Å²) in [7, 11) is 1.50. The zero-order chi connectivity index (χ0) is 21.1. The highest BCUT2D eigenvalue weighted by molar-refractivity contribution is 6.31. The highest BCUT2D eigenvalue weighted by Crippen LogP contribution is 2.36. The normalized spacial score (nSPS) is 20.9. The first kappa shape index (κ1) is 20.7. The topological polar surface area (TPSA) is 58.6 Å². The first-order valence-electron chi connectivity index (χ1n) is 10.6. The van der Waals surface area contributed by atoms with E-state index in [2.05, 4.69) is 10.2 Å². The van der Waals surface area contributed by atoms with Gasteiger partial charge in [0, 0.05) is 28.9 Å². The Morgan fingerprint density at radius 3 is 2.53 bits per heavy atom. The summed E-state index contributed by atoms with van der Waals surface area (Å²) >= 11 is 5.97. The number of amides is 2. The molecule has 2 aromatic rings. The summed E-state index contributed by atoms with van der Waals surface area (Å²) in [5, 5.41) is 3.36. The minimum Gasteiger partial charge on any atom is -0.496 e. The molecule has 1 aliphatic carbocycles. The average molecular weight is 427 g/mol. The number of hydrogen-bond donors (Lipinski definition) is 1. The van der Waals surface area contributed by atoms with Gasteiger partial charge in [-0.1, -0.05) is 24.4 Å². The summed E-state index contributed by atoms with van der Waals surface area (Å²) < 4.78 is 5.25. The number of ether oxygens (including phenoxy) is 1. The number of carbonyl (C=O) groups excluding carboxylic acids is 2. The van der Waals surface area contributed by atoms with E-state index in [0.717, 1.165) is 19.4 Å². The van der Waals surface area contributed by atoms with Crippen molar-refractivity contribution in [3.8, 4) is 5.75 Å². The van der Waals surface area contributed by atoms with Crippen LogP contribution in [-0.2, 0) is 0 Å². The average Bonchev–Trinajstić information content (AvgIpc) is 2.78. The van der Waals surface area contributed by atoms with E-state index in [1.807, 2.05) is 0 Å². The van der Waals surface area contributed by atoms with Crippen LogP contribution in [-0.4, -0.2) is 36.4 Å². The van der Waals surface area contributed by atoms with Crippen molar-refractivity contribution in [1.82, 2.24) is 4.90 Å². The first-order valence-corrected chi connectivity index (χ1v) is 11.0. The number of carbonyl (C=O) groups is 2. The molecule has 6 heteroatoms. The molecule has 1 saturated heterocycles. The first-order chi connectivity index (χ1) is 14.6. The number of piperidine rings is 1. The van der Waals surface area contributed by atoms with Gasteiger partial charge >= 0.3 is 0 Å². The molecule has 1 heterocycles. The second-order valence-electron chi connectivity index (χ2n) is 8.13. The molecule has 2 aliphatic rings. The van der Waals surface area contributed by atoms with Crippen molar-refractivity contribution in [3.05, 3.63) is 58.6 Å². The number of hydrogen-bond acceptors (Lipinski definition) is 3. The number of anilines is 1. The quantitative estimate of drug-likeness (QED) is 0.712. The van der Waals surface area contributed by atoms with Crippen molar-refractivity contribution in [1.29, 1.82) is 0 Å². The lowest BCUT2D eigenvalue weighted by molar-refractivity contribution is 0.0390. The van der Waals surface area contributed by atoms with E-state index in [0.29, 0.717) is 39.5 Å². The van der Waals surface area contributed by atoms with Crippen LogP contribution >= 0.6 is 11.6 Å². The van der Waals surface area contributed by atoms with Crippen molar-refractivity contribution in [2.24, 2.45) is 5.92 Å². The number of likely N-dealkylation sites (tertiary alicyclic amines) is 1. The van der Waals surface area contributed by atoms with Crippen LogP contribution in [0.3, 0.4) is 0 Å². The molecule has 1 aliphatic heterocycles. The number of rotatable bonds is 4. The Morgan fingerprint density at radius 2 is 1.77 bits per heavy atom. The predicted octanol–water partition coefficient (Wildman–Crippen LogP) is 5.40. The maximum Gasteiger partial charge on any atom is 0.259 e. The maximum absolute atomic E-state index is 13.1. The molecule has 5 nitrogen and oxygen atoms in total. The number of methoxy groups -OCH3 is 1. The van der Waals surface area contributed by atoms with E-state index >= 15 is 0 Å². The third-order valence-corrected chi connectivity index (χ3v) is 6.54. The number of fused-ring (bicyclic) bond motifs is 1. The van der Waals surface area contributed by atoms with Crippen LogP contribution in [0.15, 0.2) is 42.5 Å². The second kappa shape index (κ2) is 9.09. The van der Waals surface area contributed by atoms with Gasteiger partial charge in [0.25, 0.3) is 11.8 Å². The molecule has 0 aromatic heterocycles. The lowest BCUT2D eigenvalue weighted by Gasteiger charge is -2.44. The molecule has 0 bridgehead atoms. The van der Waals surface area contributed by atoms with Gasteiger partial charge in [-0.25, -0.2) is 0 Å². The van der Waals surface area contributed by atoms with Gasteiger partial charge in [-0.15, -0.1) is 0 Å². The van der Waals surface area contributed by atoms with Crippen molar-refractivity contribution < 1.29 is 14.3 Å².